The van der Waals surface area contributed by atoms with Gasteiger partial charge >= 0.3 is 0 Å². The predicted molar refractivity (Wildman–Crippen MR) is 70.1 cm³/mol. The van der Waals surface area contributed by atoms with Crippen molar-refractivity contribution in [1.82, 2.24) is 0 Å². The molecule has 96 valence electrons. The summed E-state index contributed by atoms with van der Waals surface area (Å²) < 4.78 is 0. The predicted octanol–water partition coefficient (Wildman–Crippen LogP) is 1.90. The first-order valence-electron chi connectivity index (χ1n) is 5.93. The van der Waals surface area contributed by atoms with E-state index in [0.29, 0.717) is 5.56 Å². The second kappa shape index (κ2) is 5.06. The average molecular weight is 253 g/mol. The van der Waals surface area contributed by atoms with Gasteiger partial charge < -0.3 is 9.90 Å². The maximum absolute atomic E-state index is 12.4. The molecule has 0 aromatic heterocycles. The van der Waals surface area contributed by atoms with Crippen molar-refractivity contribution in [3.05, 3.63) is 70.3 Å². The van der Waals surface area contributed by atoms with Crippen molar-refractivity contribution in [2.45, 2.75) is 13.8 Å². The van der Waals surface area contributed by atoms with Crippen LogP contribution in [0.5, 0.6) is 0 Å². The second-order valence-corrected chi connectivity index (χ2v) is 4.48. The molecule has 0 atom stereocenters. The van der Waals surface area contributed by atoms with Crippen LogP contribution in [0.3, 0.4) is 0 Å². The summed E-state index contributed by atoms with van der Waals surface area (Å²) in [4.78, 5) is 23.4. The maximum Gasteiger partial charge on any atom is 0.193 e. The maximum atomic E-state index is 12.4. The summed E-state index contributed by atoms with van der Waals surface area (Å²) in [6.07, 6.45) is 0. The van der Waals surface area contributed by atoms with Crippen molar-refractivity contribution < 1.29 is 14.7 Å². The minimum Gasteiger partial charge on any atom is -0.545 e. The molecule has 2 aromatic rings. The number of aryl methyl sites for hydroxylation is 2. The van der Waals surface area contributed by atoms with Gasteiger partial charge in [-0.25, -0.2) is 0 Å². The van der Waals surface area contributed by atoms with Crippen molar-refractivity contribution in [3.63, 3.8) is 0 Å². The van der Waals surface area contributed by atoms with Crippen LogP contribution in [-0.4, -0.2) is 11.8 Å². The lowest BCUT2D eigenvalue weighted by atomic mass is 9.94. The molecule has 0 bridgehead atoms. The Hall–Kier alpha value is -2.42. The quantitative estimate of drug-likeness (QED) is 0.785. The van der Waals surface area contributed by atoms with Gasteiger partial charge in [-0.2, -0.15) is 0 Å². The lowest BCUT2D eigenvalue weighted by Gasteiger charge is -2.11. The van der Waals surface area contributed by atoms with Gasteiger partial charge in [0.2, 0.25) is 0 Å². The largest absolute Gasteiger partial charge is 0.545 e. The highest BCUT2D eigenvalue weighted by atomic mass is 16.4. The highest BCUT2D eigenvalue weighted by Crippen LogP contribution is 2.18. The molecule has 0 saturated heterocycles. The monoisotopic (exact) mass is 253 g/mol. The fourth-order valence-corrected chi connectivity index (χ4v) is 2.07. The number of benzene rings is 2. The van der Waals surface area contributed by atoms with Crippen LogP contribution in [0.4, 0.5) is 0 Å². The third-order valence-corrected chi connectivity index (χ3v) is 3.02. The normalized spacial score (nSPS) is 10.2. The molecule has 3 nitrogen and oxygen atoms in total. The highest BCUT2D eigenvalue weighted by molar-refractivity contribution is 6.14. The molecule has 0 spiro atoms. The summed E-state index contributed by atoms with van der Waals surface area (Å²) in [5.74, 6) is -1.63. The molecular formula is C16H13O3-. The Bertz CT molecular complexity index is 657. The van der Waals surface area contributed by atoms with Crippen molar-refractivity contribution in [1.29, 1.82) is 0 Å². The molecule has 3 heteroatoms. The van der Waals surface area contributed by atoms with Gasteiger partial charge in [0.1, 0.15) is 0 Å². The molecule has 0 saturated carbocycles. The molecule has 0 aliphatic carbocycles. The van der Waals surface area contributed by atoms with Crippen molar-refractivity contribution in [2.75, 3.05) is 0 Å². The molecular weight excluding hydrogens is 240 g/mol. The van der Waals surface area contributed by atoms with E-state index in [4.69, 9.17) is 0 Å². The summed E-state index contributed by atoms with van der Waals surface area (Å²) in [5.41, 5.74) is 2.49. The number of carbonyl (C=O) groups excluding carboxylic acids is 2. The summed E-state index contributed by atoms with van der Waals surface area (Å²) in [6.45, 7) is 3.78. The summed E-state index contributed by atoms with van der Waals surface area (Å²) in [5, 5.41) is 11.0. The number of hydrogen-bond donors (Lipinski definition) is 0. The van der Waals surface area contributed by atoms with E-state index in [0.717, 1.165) is 11.1 Å². The van der Waals surface area contributed by atoms with E-state index in [9.17, 15) is 14.7 Å². The topological polar surface area (TPSA) is 57.2 Å². The molecule has 0 amide bonds. The molecule has 19 heavy (non-hydrogen) atoms. The molecule has 0 aliphatic heterocycles. The molecule has 2 aromatic carbocycles. The number of carbonyl (C=O) groups is 2. The molecule has 0 fully saturated rings. The number of rotatable bonds is 3. The lowest BCUT2D eigenvalue weighted by molar-refractivity contribution is -0.255. The Kier molecular flexibility index (Phi) is 3.47. The molecule has 0 N–H and O–H groups in total. The number of carboxylic acids is 1. The first kappa shape index (κ1) is 13.0. The number of carboxylic acid groups (broad SMARTS) is 1. The molecule has 2 rings (SSSR count). The van der Waals surface area contributed by atoms with E-state index in [1.165, 1.54) is 12.1 Å². The first-order valence-corrected chi connectivity index (χ1v) is 5.93. The fraction of sp³-hybridized carbons (Fsp3) is 0.125. The fourth-order valence-electron chi connectivity index (χ4n) is 2.07. The highest BCUT2D eigenvalue weighted by Gasteiger charge is 2.15. The van der Waals surface area contributed by atoms with Gasteiger partial charge in [0.15, 0.2) is 5.78 Å². The van der Waals surface area contributed by atoms with Gasteiger partial charge in [0, 0.05) is 16.7 Å². The summed E-state index contributed by atoms with van der Waals surface area (Å²) in [7, 11) is 0. The summed E-state index contributed by atoms with van der Waals surface area (Å²) in [6, 6.07) is 11.6. The van der Waals surface area contributed by atoms with Crippen LogP contribution in [0, 0.1) is 13.8 Å². The standard InChI is InChI=1S/C16H14O3/c1-10-7-8-12(11(2)9-10)15(17)13-5-3-4-6-14(13)16(18)19/h3-9H,1-2H3,(H,18,19)/p-1. The number of ketones is 1. The van der Waals surface area contributed by atoms with E-state index < -0.39 is 5.97 Å². The van der Waals surface area contributed by atoms with Gasteiger partial charge in [-0.3, -0.25) is 4.79 Å². The van der Waals surface area contributed by atoms with Crippen LogP contribution in [-0.2, 0) is 0 Å². The van der Waals surface area contributed by atoms with Gasteiger partial charge in [-0.15, -0.1) is 0 Å². The minimum absolute atomic E-state index is 0.0764. The van der Waals surface area contributed by atoms with Crippen LogP contribution in [0.25, 0.3) is 0 Å². The Morgan fingerprint density at radius 3 is 2.11 bits per heavy atom. The Morgan fingerprint density at radius 1 is 0.895 bits per heavy atom. The average Bonchev–Trinajstić information content (AvgIpc) is 2.38. The van der Waals surface area contributed by atoms with Crippen LogP contribution in [0.2, 0.25) is 0 Å². The Labute approximate surface area is 111 Å². The second-order valence-electron chi connectivity index (χ2n) is 4.48. The number of aromatic carboxylic acids is 1. The molecule has 0 unspecified atom stereocenters. The zero-order chi connectivity index (χ0) is 14.0. The van der Waals surface area contributed by atoms with E-state index in [-0.39, 0.29) is 16.9 Å². The van der Waals surface area contributed by atoms with Gasteiger partial charge in [-0.05, 0) is 19.4 Å². The van der Waals surface area contributed by atoms with Gasteiger partial charge in [-0.1, -0.05) is 48.0 Å². The van der Waals surface area contributed by atoms with E-state index in [2.05, 4.69) is 0 Å². The van der Waals surface area contributed by atoms with Crippen molar-refractivity contribution >= 4 is 11.8 Å². The van der Waals surface area contributed by atoms with Crippen molar-refractivity contribution in [3.8, 4) is 0 Å². The van der Waals surface area contributed by atoms with Crippen LogP contribution < -0.4 is 5.11 Å². The smallest absolute Gasteiger partial charge is 0.193 e. The Balaban J connectivity index is 2.53. The minimum atomic E-state index is -1.34. The SMILES string of the molecule is Cc1ccc(C(=O)c2ccccc2C(=O)[O-])c(C)c1. The molecule has 0 heterocycles. The third-order valence-electron chi connectivity index (χ3n) is 3.02. The lowest BCUT2D eigenvalue weighted by Crippen LogP contribution is -2.25. The van der Waals surface area contributed by atoms with Gasteiger partial charge in [0.25, 0.3) is 0 Å². The van der Waals surface area contributed by atoms with E-state index in [1.54, 1.807) is 18.2 Å². The number of hydrogen-bond acceptors (Lipinski definition) is 3. The van der Waals surface area contributed by atoms with Crippen LogP contribution >= 0.6 is 0 Å². The van der Waals surface area contributed by atoms with Crippen LogP contribution in [0.1, 0.15) is 37.4 Å². The van der Waals surface area contributed by atoms with Crippen LogP contribution in [0.15, 0.2) is 42.5 Å². The Morgan fingerprint density at radius 2 is 1.53 bits per heavy atom. The van der Waals surface area contributed by atoms with Crippen molar-refractivity contribution in [2.24, 2.45) is 0 Å². The zero-order valence-corrected chi connectivity index (χ0v) is 10.8. The van der Waals surface area contributed by atoms with E-state index in [1.807, 2.05) is 26.0 Å². The zero-order valence-electron chi connectivity index (χ0n) is 10.8. The molecule has 0 radical (unpaired) electrons. The summed E-state index contributed by atoms with van der Waals surface area (Å²) >= 11 is 0. The first-order chi connectivity index (χ1) is 9.00. The molecule has 0 aliphatic rings. The van der Waals surface area contributed by atoms with E-state index >= 15 is 0 Å². The van der Waals surface area contributed by atoms with Gasteiger partial charge in [0.05, 0.1) is 5.97 Å². The third kappa shape index (κ3) is 2.55.